The van der Waals surface area contributed by atoms with Crippen molar-refractivity contribution >= 4 is 34.1 Å². The lowest BCUT2D eigenvalue weighted by Gasteiger charge is -2.25. The Morgan fingerprint density at radius 3 is 2.95 bits per heavy atom. The molecule has 1 aliphatic rings. The van der Waals surface area contributed by atoms with Gasteiger partial charge >= 0.3 is 0 Å². The molecule has 0 aromatic carbocycles. The zero-order chi connectivity index (χ0) is 14.2. The molecule has 0 bridgehead atoms. The first-order valence-electron chi connectivity index (χ1n) is 7.11. The SMILES string of the molecule is Clc1cnc2c(c1)nc(-c1cccs1)n2C1CCNCC1. The van der Waals surface area contributed by atoms with Crippen LogP contribution in [0.1, 0.15) is 18.9 Å². The van der Waals surface area contributed by atoms with Gasteiger partial charge in [-0.25, -0.2) is 9.97 Å². The van der Waals surface area contributed by atoms with Gasteiger partial charge in [-0.05, 0) is 43.4 Å². The molecule has 1 aliphatic heterocycles. The predicted octanol–water partition coefficient (Wildman–Crippen LogP) is 3.74. The average molecular weight is 319 g/mol. The number of thiophene rings is 1. The number of hydrogen-bond donors (Lipinski definition) is 1. The van der Waals surface area contributed by atoms with Gasteiger partial charge in [-0.15, -0.1) is 11.3 Å². The van der Waals surface area contributed by atoms with Crippen LogP contribution in [-0.4, -0.2) is 27.6 Å². The second-order valence-electron chi connectivity index (χ2n) is 5.26. The number of aromatic nitrogens is 3. The molecule has 3 aromatic rings. The van der Waals surface area contributed by atoms with E-state index >= 15 is 0 Å². The summed E-state index contributed by atoms with van der Waals surface area (Å²) in [6, 6.07) is 6.53. The largest absolute Gasteiger partial charge is 0.317 e. The van der Waals surface area contributed by atoms with Crippen LogP contribution in [0.4, 0.5) is 0 Å². The van der Waals surface area contributed by atoms with Crippen LogP contribution >= 0.6 is 22.9 Å². The monoisotopic (exact) mass is 318 g/mol. The summed E-state index contributed by atoms with van der Waals surface area (Å²) in [6.07, 6.45) is 3.92. The van der Waals surface area contributed by atoms with Crippen molar-refractivity contribution in [2.75, 3.05) is 13.1 Å². The fourth-order valence-corrected chi connectivity index (χ4v) is 3.81. The van der Waals surface area contributed by atoms with Crippen LogP contribution in [0, 0.1) is 0 Å². The highest BCUT2D eigenvalue weighted by molar-refractivity contribution is 7.13. The second-order valence-corrected chi connectivity index (χ2v) is 6.64. The molecule has 0 unspecified atom stereocenters. The molecule has 0 atom stereocenters. The molecule has 0 amide bonds. The predicted molar refractivity (Wildman–Crippen MR) is 87.0 cm³/mol. The molecule has 4 heterocycles. The molecule has 0 spiro atoms. The lowest BCUT2D eigenvalue weighted by atomic mass is 10.1. The first-order chi connectivity index (χ1) is 10.3. The molecular formula is C15H15ClN4S. The summed E-state index contributed by atoms with van der Waals surface area (Å²) >= 11 is 7.79. The molecule has 21 heavy (non-hydrogen) atoms. The number of fused-ring (bicyclic) bond motifs is 1. The molecule has 0 saturated carbocycles. The summed E-state index contributed by atoms with van der Waals surface area (Å²) in [6.45, 7) is 2.09. The van der Waals surface area contributed by atoms with E-state index in [1.807, 2.05) is 6.07 Å². The Balaban J connectivity index is 1.93. The minimum absolute atomic E-state index is 0.446. The summed E-state index contributed by atoms with van der Waals surface area (Å²) in [5.74, 6) is 1.02. The normalized spacial score (nSPS) is 16.6. The molecule has 1 N–H and O–H groups in total. The van der Waals surface area contributed by atoms with Crippen molar-refractivity contribution in [2.45, 2.75) is 18.9 Å². The highest BCUT2D eigenvalue weighted by Crippen LogP contribution is 2.33. The summed E-state index contributed by atoms with van der Waals surface area (Å²) in [7, 11) is 0. The highest BCUT2D eigenvalue weighted by Gasteiger charge is 2.23. The van der Waals surface area contributed by atoms with Gasteiger partial charge in [0, 0.05) is 12.2 Å². The van der Waals surface area contributed by atoms with Crippen molar-refractivity contribution in [3.8, 4) is 10.7 Å². The third kappa shape index (κ3) is 2.35. The minimum atomic E-state index is 0.446. The van der Waals surface area contributed by atoms with Gasteiger partial charge in [-0.3, -0.25) is 0 Å². The number of rotatable bonds is 2. The number of piperidine rings is 1. The highest BCUT2D eigenvalue weighted by atomic mass is 35.5. The molecule has 4 rings (SSSR count). The molecule has 108 valence electrons. The minimum Gasteiger partial charge on any atom is -0.317 e. The van der Waals surface area contributed by atoms with E-state index in [0.29, 0.717) is 11.1 Å². The Bertz CT molecular complexity index is 759. The van der Waals surface area contributed by atoms with Crippen LogP contribution in [0.15, 0.2) is 29.8 Å². The number of imidazole rings is 1. The van der Waals surface area contributed by atoms with Gasteiger partial charge in [-0.1, -0.05) is 17.7 Å². The smallest absolute Gasteiger partial charge is 0.160 e. The van der Waals surface area contributed by atoms with Gasteiger partial charge in [0.1, 0.15) is 5.52 Å². The van der Waals surface area contributed by atoms with Gasteiger partial charge in [0.25, 0.3) is 0 Å². The van der Waals surface area contributed by atoms with Crippen molar-refractivity contribution in [1.82, 2.24) is 19.9 Å². The number of hydrogen-bond acceptors (Lipinski definition) is 4. The average Bonchev–Trinajstić information content (AvgIpc) is 3.14. The topological polar surface area (TPSA) is 42.7 Å². The van der Waals surface area contributed by atoms with Gasteiger partial charge in [0.15, 0.2) is 11.5 Å². The van der Waals surface area contributed by atoms with Crippen molar-refractivity contribution in [3.63, 3.8) is 0 Å². The summed E-state index contributed by atoms with van der Waals surface area (Å²) in [5, 5.41) is 6.14. The maximum absolute atomic E-state index is 6.07. The van der Waals surface area contributed by atoms with Gasteiger partial charge in [-0.2, -0.15) is 0 Å². The third-order valence-corrected chi connectivity index (χ3v) is 4.98. The Morgan fingerprint density at radius 1 is 1.33 bits per heavy atom. The van der Waals surface area contributed by atoms with Crippen molar-refractivity contribution < 1.29 is 0 Å². The Kier molecular flexibility index (Phi) is 3.41. The molecule has 1 saturated heterocycles. The van der Waals surface area contributed by atoms with E-state index in [9.17, 15) is 0 Å². The zero-order valence-electron chi connectivity index (χ0n) is 11.4. The van der Waals surface area contributed by atoms with Crippen LogP contribution in [0.3, 0.4) is 0 Å². The van der Waals surface area contributed by atoms with E-state index < -0.39 is 0 Å². The molecule has 0 aliphatic carbocycles. The fourth-order valence-electron chi connectivity index (χ4n) is 2.95. The van der Waals surface area contributed by atoms with E-state index in [2.05, 4.69) is 32.4 Å². The van der Waals surface area contributed by atoms with Crippen molar-refractivity contribution in [1.29, 1.82) is 0 Å². The summed E-state index contributed by atoms with van der Waals surface area (Å²) < 4.78 is 2.30. The van der Waals surface area contributed by atoms with Crippen molar-refractivity contribution in [3.05, 3.63) is 34.8 Å². The first-order valence-corrected chi connectivity index (χ1v) is 8.37. The Morgan fingerprint density at radius 2 is 2.19 bits per heavy atom. The summed E-state index contributed by atoms with van der Waals surface area (Å²) in [4.78, 5) is 10.5. The van der Waals surface area contributed by atoms with Gasteiger partial charge in [0.05, 0.1) is 9.90 Å². The van der Waals surface area contributed by atoms with E-state index in [-0.39, 0.29) is 0 Å². The number of pyridine rings is 1. The van der Waals surface area contributed by atoms with Crippen LogP contribution < -0.4 is 5.32 Å². The van der Waals surface area contributed by atoms with Crippen LogP contribution in [-0.2, 0) is 0 Å². The zero-order valence-corrected chi connectivity index (χ0v) is 13.0. The van der Waals surface area contributed by atoms with Crippen LogP contribution in [0.2, 0.25) is 5.02 Å². The molecule has 0 radical (unpaired) electrons. The first kappa shape index (κ1) is 13.2. The third-order valence-electron chi connectivity index (χ3n) is 3.91. The van der Waals surface area contributed by atoms with Crippen molar-refractivity contribution in [2.24, 2.45) is 0 Å². The molecule has 6 heteroatoms. The number of halogens is 1. The van der Waals surface area contributed by atoms with E-state index in [1.54, 1.807) is 17.5 Å². The van der Waals surface area contributed by atoms with Crippen LogP contribution in [0.25, 0.3) is 21.9 Å². The van der Waals surface area contributed by atoms with E-state index in [4.69, 9.17) is 16.6 Å². The number of nitrogens with zero attached hydrogens (tertiary/aromatic N) is 3. The maximum Gasteiger partial charge on any atom is 0.160 e. The van der Waals surface area contributed by atoms with E-state index in [0.717, 1.165) is 42.9 Å². The quantitative estimate of drug-likeness (QED) is 0.782. The van der Waals surface area contributed by atoms with Gasteiger partial charge in [0.2, 0.25) is 0 Å². The summed E-state index contributed by atoms with van der Waals surface area (Å²) in [5.41, 5.74) is 1.82. The number of nitrogens with one attached hydrogen (secondary N) is 1. The van der Waals surface area contributed by atoms with Gasteiger partial charge < -0.3 is 9.88 Å². The van der Waals surface area contributed by atoms with Crippen LogP contribution in [0.5, 0.6) is 0 Å². The fraction of sp³-hybridized carbons (Fsp3) is 0.333. The lowest BCUT2D eigenvalue weighted by Crippen LogP contribution is -2.29. The Labute approximate surface area is 131 Å². The molecule has 1 fully saturated rings. The standard InChI is InChI=1S/C15H15ClN4S/c16-10-8-12-14(18-9-10)20(11-3-5-17-6-4-11)15(19-12)13-2-1-7-21-13/h1-2,7-9,11,17H,3-6H2. The molecular weight excluding hydrogens is 304 g/mol. The second kappa shape index (κ2) is 5.40. The maximum atomic E-state index is 6.07. The Hall–Kier alpha value is -1.43. The van der Waals surface area contributed by atoms with E-state index in [1.165, 1.54) is 4.88 Å². The molecule has 3 aromatic heterocycles. The lowest BCUT2D eigenvalue weighted by molar-refractivity contribution is 0.376. The molecule has 4 nitrogen and oxygen atoms in total.